The van der Waals surface area contributed by atoms with Crippen LogP contribution < -0.4 is 16.0 Å². The van der Waals surface area contributed by atoms with Gasteiger partial charge in [-0.1, -0.05) is 0 Å². The minimum atomic E-state index is -1.10. The molecular weight excluding hydrogens is 336 g/mol. The summed E-state index contributed by atoms with van der Waals surface area (Å²) in [5.41, 5.74) is 0.366. The second kappa shape index (κ2) is 8.04. The molecule has 0 fully saturated rings. The monoisotopic (exact) mass is 351 g/mol. The summed E-state index contributed by atoms with van der Waals surface area (Å²) in [6.45, 7) is 0.887. The molecule has 1 aromatic carbocycles. The van der Waals surface area contributed by atoms with E-state index in [1.807, 2.05) is 0 Å². The van der Waals surface area contributed by atoms with Crippen LogP contribution in [0.5, 0.6) is 0 Å². The summed E-state index contributed by atoms with van der Waals surface area (Å²) < 4.78 is 30.8. The molecule has 3 amide bonds. The molecule has 0 unspecified atom stereocenters. The zero-order valence-corrected chi connectivity index (χ0v) is 13.2. The van der Waals surface area contributed by atoms with E-state index in [0.717, 1.165) is 12.1 Å². The second-order valence-corrected chi connectivity index (χ2v) is 5.03. The van der Waals surface area contributed by atoms with Crippen molar-refractivity contribution in [3.8, 4) is 0 Å². The summed E-state index contributed by atoms with van der Waals surface area (Å²) in [5, 5.41) is 6.97. The van der Waals surface area contributed by atoms with Gasteiger partial charge < -0.3 is 20.4 Å². The van der Waals surface area contributed by atoms with Gasteiger partial charge in [-0.15, -0.1) is 0 Å². The molecule has 0 bridgehead atoms. The van der Waals surface area contributed by atoms with Crippen molar-refractivity contribution in [1.82, 2.24) is 10.6 Å². The maximum atomic E-state index is 13.0. The highest BCUT2D eigenvalue weighted by Gasteiger charge is 2.13. The Balaban J connectivity index is 1.74. The Kier molecular flexibility index (Phi) is 5.83. The third-order valence-corrected chi connectivity index (χ3v) is 3.16. The minimum absolute atomic E-state index is 0.0573. The Morgan fingerprint density at radius 1 is 1.00 bits per heavy atom. The van der Waals surface area contributed by atoms with E-state index in [2.05, 4.69) is 16.0 Å². The van der Waals surface area contributed by atoms with E-state index in [4.69, 9.17) is 4.42 Å². The fraction of sp³-hybridized carbons (Fsp3) is 0.188. The molecule has 3 N–H and O–H groups in total. The van der Waals surface area contributed by atoms with Gasteiger partial charge in [-0.2, -0.15) is 0 Å². The van der Waals surface area contributed by atoms with Crippen LogP contribution >= 0.6 is 0 Å². The summed E-state index contributed by atoms with van der Waals surface area (Å²) in [5.74, 6) is -3.41. The van der Waals surface area contributed by atoms with E-state index >= 15 is 0 Å². The third kappa shape index (κ3) is 5.13. The highest BCUT2D eigenvalue weighted by Crippen LogP contribution is 2.12. The van der Waals surface area contributed by atoms with Crippen molar-refractivity contribution < 1.29 is 27.6 Å². The number of halogens is 2. The second-order valence-electron chi connectivity index (χ2n) is 5.03. The normalized spacial score (nSPS) is 10.2. The fourth-order valence-corrected chi connectivity index (χ4v) is 1.90. The van der Waals surface area contributed by atoms with E-state index in [1.165, 1.54) is 18.4 Å². The molecule has 7 nitrogen and oxygen atoms in total. The first-order valence-electron chi connectivity index (χ1n) is 7.20. The van der Waals surface area contributed by atoms with Gasteiger partial charge in [-0.25, -0.2) is 8.78 Å². The summed E-state index contributed by atoms with van der Waals surface area (Å²) in [7, 11) is 0. The van der Waals surface area contributed by atoms with Crippen molar-refractivity contribution in [1.29, 1.82) is 0 Å². The molecule has 9 heteroatoms. The SMILES string of the molecule is Cc1occc1C(=O)NCC(=O)NCC(=O)Nc1ccc(F)c(F)c1. The van der Waals surface area contributed by atoms with Gasteiger partial charge in [0.1, 0.15) is 5.76 Å². The lowest BCUT2D eigenvalue weighted by molar-refractivity contribution is -0.123. The molecule has 0 spiro atoms. The number of carbonyl (C=O) groups is 3. The van der Waals surface area contributed by atoms with Gasteiger partial charge in [0, 0.05) is 11.8 Å². The number of rotatable bonds is 6. The molecule has 1 heterocycles. The maximum Gasteiger partial charge on any atom is 0.255 e. The molecule has 0 aliphatic heterocycles. The number of anilines is 1. The standard InChI is InChI=1S/C16H15F2N3O4/c1-9-11(4-5-25-9)16(24)20-7-14(22)19-8-15(23)21-10-2-3-12(17)13(18)6-10/h2-6H,7-8H2,1H3,(H,19,22)(H,20,24)(H,21,23). The Morgan fingerprint density at radius 2 is 1.72 bits per heavy atom. The number of amides is 3. The Morgan fingerprint density at radius 3 is 2.36 bits per heavy atom. The quantitative estimate of drug-likeness (QED) is 0.731. The van der Waals surface area contributed by atoms with Crippen molar-refractivity contribution in [3.63, 3.8) is 0 Å². The van der Waals surface area contributed by atoms with E-state index in [0.29, 0.717) is 11.3 Å². The number of nitrogens with one attached hydrogen (secondary N) is 3. The highest BCUT2D eigenvalue weighted by molar-refractivity contribution is 5.98. The number of aryl methyl sites for hydroxylation is 1. The van der Waals surface area contributed by atoms with Gasteiger partial charge in [-0.05, 0) is 25.1 Å². The summed E-state index contributed by atoms with van der Waals surface area (Å²) in [4.78, 5) is 35.0. The van der Waals surface area contributed by atoms with E-state index in [9.17, 15) is 23.2 Å². The summed E-state index contributed by atoms with van der Waals surface area (Å²) >= 11 is 0. The van der Waals surface area contributed by atoms with Crippen LogP contribution in [0.2, 0.25) is 0 Å². The predicted molar refractivity (Wildman–Crippen MR) is 83.8 cm³/mol. The number of hydrogen-bond acceptors (Lipinski definition) is 4. The third-order valence-electron chi connectivity index (χ3n) is 3.16. The van der Waals surface area contributed by atoms with Crippen LogP contribution in [0.1, 0.15) is 16.1 Å². The number of carbonyl (C=O) groups excluding carboxylic acids is 3. The van der Waals surface area contributed by atoms with Crippen molar-refractivity contribution in [2.45, 2.75) is 6.92 Å². The van der Waals surface area contributed by atoms with Crippen molar-refractivity contribution >= 4 is 23.4 Å². The zero-order valence-electron chi connectivity index (χ0n) is 13.2. The summed E-state index contributed by atoms with van der Waals surface area (Å²) in [6.07, 6.45) is 1.35. The topological polar surface area (TPSA) is 100 Å². The zero-order chi connectivity index (χ0) is 18.4. The molecule has 0 saturated heterocycles. The first kappa shape index (κ1) is 18.1. The Hall–Kier alpha value is -3.23. The maximum absolute atomic E-state index is 13.0. The van der Waals surface area contributed by atoms with E-state index in [1.54, 1.807) is 6.92 Å². The first-order chi connectivity index (χ1) is 11.9. The lowest BCUT2D eigenvalue weighted by Crippen LogP contribution is -2.40. The molecular formula is C16H15F2N3O4. The Bertz CT molecular complexity index is 804. The number of hydrogen-bond donors (Lipinski definition) is 3. The van der Waals surface area contributed by atoms with Crippen molar-refractivity contribution in [2.75, 3.05) is 18.4 Å². The average molecular weight is 351 g/mol. The van der Waals surface area contributed by atoms with Crippen LogP contribution in [0.3, 0.4) is 0 Å². The molecule has 25 heavy (non-hydrogen) atoms. The van der Waals surface area contributed by atoms with E-state index < -0.39 is 35.9 Å². The molecule has 0 saturated carbocycles. The molecule has 0 atom stereocenters. The molecule has 2 rings (SSSR count). The molecule has 1 aromatic heterocycles. The molecule has 0 aliphatic rings. The lowest BCUT2D eigenvalue weighted by Gasteiger charge is -2.08. The van der Waals surface area contributed by atoms with Crippen LogP contribution in [0, 0.1) is 18.6 Å². The van der Waals surface area contributed by atoms with Crippen LogP contribution in [-0.2, 0) is 9.59 Å². The van der Waals surface area contributed by atoms with Crippen LogP contribution in [0.15, 0.2) is 34.9 Å². The van der Waals surface area contributed by atoms with Gasteiger partial charge in [0.15, 0.2) is 11.6 Å². The van der Waals surface area contributed by atoms with Gasteiger partial charge in [0.25, 0.3) is 5.91 Å². The fourth-order valence-electron chi connectivity index (χ4n) is 1.90. The first-order valence-corrected chi connectivity index (χ1v) is 7.20. The largest absolute Gasteiger partial charge is 0.469 e. The predicted octanol–water partition coefficient (Wildman–Crippen LogP) is 1.35. The van der Waals surface area contributed by atoms with Gasteiger partial charge in [0.2, 0.25) is 11.8 Å². The van der Waals surface area contributed by atoms with Gasteiger partial charge in [-0.3, -0.25) is 14.4 Å². The lowest BCUT2D eigenvalue weighted by atomic mass is 10.2. The van der Waals surface area contributed by atoms with Crippen molar-refractivity contribution in [2.24, 2.45) is 0 Å². The smallest absolute Gasteiger partial charge is 0.255 e. The molecule has 0 aliphatic carbocycles. The Labute approximate surface area is 141 Å². The van der Waals surface area contributed by atoms with E-state index in [-0.39, 0.29) is 12.2 Å². The molecule has 0 radical (unpaired) electrons. The number of benzene rings is 1. The number of furan rings is 1. The average Bonchev–Trinajstić information content (AvgIpc) is 3.00. The molecule has 2 aromatic rings. The van der Waals surface area contributed by atoms with Crippen LogP contribution in [-0.4, -0.2) is 30.8 Å². The highest BCUT2D eigenvalue weighted by atomic mass is 19.2. The van der Waals surface area contributed by atoms with Crippen LogP contribution in [0.4, 0.5) is 14.5 Å². The van der Waals surface area contributed by atoms with Gasteiger partial charge in [0.05, 0.1) is 24.9 Å². The summed E-state index contributed by atoms with van der Waals surface area (Å²) in [6, 6.07) is 4.35. The minimum Gasteiger partial charge on any atom is -0.469 e. The molecule has 132 valence electrons. The van der Waals surface area contributed by atoms with Crippen LogP contribution in [0.25, 0.3) is 0 Å². The van der Waals surface area contributed by atoms with Gasteiger partial charge >= 0.3 is 0 Å². The van der Waals surface area contributed by atoms with Crippen molar-refractivity contribution in [3.05, 3.63) is 53.5 Å².